The molecule has 256 valence electrons. The predicted molar refractivity (Wildman–Crippen MR) is 164 cm³/mol. The predicted octanol–water partition coefficient (Wildman–Crippen LogP) is -0.0686. The minimum absolute atomic E-state index is 0.0274. The number of hydrogen-bond acceptors (Lipinski definition) is 11. The second kappa shape index (κ2) is 14.0. The normalized spacial score (nSPS) is 34.0. The zero-order chi connectivity index (χ0) is 34.0. The standard InChI is InChI=1S/C33H47NO12/c1-6-20-22(14-27(38)39)21(29(40)43-5)10-11-24(20)45-33(17-37)32(42,7-2)30(41)31(26(16-36)46-33)15-19-13-23(18(3)4)34-28(19)25(44-31)9-8-12-35/h6,10,13,15,18,20,22,24,26,30,34-37,41-42H,1,7-9,11-12,14,16-17H2,2-5H3,(H,38,39)/t20-,22+,24-,26-,30+,31-,32-,33-/m1/s1. The Balaban J connectivity index is 1.82. The van der Waals surface area contributed by atoms with Gasteiger partial charge < -0.3 is 54.6 Å². The molecule has 0 aromatic carbocycles. The first-order valence-corrected chi connectivity index (χ1v) is 15.7. The lowest BCUT2D eigenvalue weighted by atomic mass is 9.69. The Bertz CT molecular complexity index is 1450. The van der Waals surface area contributed by atoms with Crippen molar-refractivity contribution >= 4 is 23.8 Å². The maximum Gasteiger partial charge on any atom is 0.333 e. The molecule has 8 atom stereocenters. The van der Waals surface area contributed by atoms with E-state index in [-0.39, 0.29) is 37.4 Å². The van der Waals surface area contributed by atoms with Crippen molar-refractivity contribution in [2.45, 2.75) is 94.1 Å². The number of aromatic nitrogens is 1. The Labute approximate surface area is 267 Å². The third-order valence-corrected chi connectivity index (χ3v) is 9.59. The van der Waals surface area contributed by atoms with E-state index >= 15 is 0 Å². The van der Waals surface area contributed by atoms with Crippen LogP contribution in [0.2, 0.25) is 0 Å². The average molecular weight is 650 g/mol. The molecule has 1 saturated heterocycles. The molecule has 0 bridgehead atoms. The van der Waals surface area contributed by atoms with Crippen LogP contribution >= 0.6 is 0 Å². The number of aliphatic hydroxyl groups excluding tert-OH is 4. The molecule has 1 aromatic rings. The number of ether oxygens (including phenoxy) is 4. The van der Waals surface area contributed by atoms with Crippen molar-refractivity contribution in [1.29, 1.82) is 0 Å². The largest absolute Gasteiger partial charge is 0.481 e. The molecular formula is C33H47NO12. The molecular weight excluding hydrogens is 602 g/mol. The molecule has 3 heterocycles. The highest BCUT2D eigenvalue weighted by molar-refractivity contribution is 5.90. The van der Waals surface area contributed by atoms with Gasteiger partial charge in [0.25, 0.3) is 0 Å². The van der Waals surface area contributed by atoms with E-state index in [9.17, 15) is 40.2 Å². The summed E-state index contributed by atoms with van der Waals surface area (Å²) in [6.45, 7) is 7.61. The van der Waals surface area contributed by atoms with Crippen LogP contribution in [0.5, 0.6) is 0 Å². The van der Waals surface area contributed by atoms with Crippen LogP contribution in [0, 0.1) is 11.8 Å². The smallest absolute Gasteiger partial charge is 0.333 e. The Morgan fingerprint density at radius 3 is 2.52 bits per heavy atom. The number of carbonyl (C=O) groups is 2. The summed E-state index contributed by atoms with van der Waals surface area (Å²) in [6.07, 6.45) is 0.318. The van der Waals surface area contributed by atoms with E-state index in [0.29, 0.717) is 22.7 Å². The number of carbonyl (C=O) groups excluding carboxylic acids is 1. The molecule has 0 amide bonds. The van der Waals surface area contributed by atoms with Crippen LogP contribution < -0.4 is 10.6 Å². The van der Waals surface area contributed by atoms with Gasteiger partial charge in [0.2, 0.25) is 5.79 Å². The number of methoxy groups -OCH3 is 1. The number of hydrogen-bond donors (Lipinski definition) is 7. The summed E-state index contributed by atoms with van der Waals surface area (Å²) in [4.78, 5) is 27.7. The van der Waals surface area contributed by atoms with Gasteiger partial charge in [0.15, 0.2) is 11.2 Å². The van der Waals surface area contributed by atoms with Crippen molar-refractivity contribution in [3.8, 4) is 0 Å². The summed E-state index contributed by atoms with van der Waals surface area (Å²) in [7, 11) is 1.19. The van der Waals surface area contributed by atoms with E-state index in [1.165, 1.54) is 19.3 Å². The minimum Gasteiger partial charge on any atom is -0.481 e. The number of H-pyrrole nitrogens is 1. The van der Waals surface area contributed by atoms with Crippen molar-refractivity contribution < 1.29 is 59.2 Å². The third kappa shape index (κ3) is 5.94. The first-order chi connectivity index (χ1) is 21.8. The lowest BCUT2D eigenvalue weighted by molar-refractivity contribution is -0.429. The first kappa shape index (κ1) is 35.8. The summed E-state index contributed by atoms with van der Waals surface area (Å²) in [5.74, 6) is -5.42. The number of carboxylic acid groups (broad SMARTS) is 1. The van der Waals surface area contributed by atoms with E-state index in [1.807, 2.05) is 19.9 Å². The van der Waals surface area contributed by atoms with E-state index in [1.54, 1.807) is 13.0 Å². The summed E-state index contributed by atoms with van der Waals surface area (Å²) < 4.78 is 24.1. The fourth-order valence-electron chi connectivity index (χ4n) is 7.05. The maximum atomic E-state index is 12.5. The Hall–Kier alpha value is -3.04. The van der Waals surface area contributed by atoms with Crippen molar-refractivity contribution in [2.24, 2.45) is 11.8 Å². The number of nitrogens with one attached hydrogen (secondary N) is 1. The summed E-state index contributed by atoms with van der Waals surface area (Å²) in [5, 5.41) is 66.7. The molecule has 1 fully saturated rings. The van der Waals surface area contributed by atoms with Crippen LogP contribution in [0.1, 0.15) is 64.5 Å². The van der Waals surface area contributed by atoms with E-state index < -0.39 is 78.7 Å². The van der Waals surface area contributed by atoms with Crippen LogP contribution in [0.4, 0.5) is 0 Å². The zero-order valence-corrected chi connectivity index (χ0v) is 26.8. The molecule has 7 N–H and O–H groups in total. The number of carboxylic acids is 1. The number of aromatic amines is 1. The third-order valence-electron chi connectivity index (χ3n) is 9.59. The summed E-state index contributed by atoms with van der Waals surface area (Å²) in [5.41, 5.74) is -3.17. The van der Waals surface area contributed by atoms with E-state index in [4.69, 9.17) is 18.9 Å². The molecule has 2 aliphatic heterocycles. The molecule has 13 heteroatoms. The van der Waals surface area contributed by atoms with E-state index in [2.05, 4.69) is 11.6 Å². The van der Waals surface area contributed by atoms with Crippen LogP contribution in [0.25, 0.3) is 11.8 Å². The van der Waals surface area contributed by atoms with Gasteiger partial charge in [0, 0.05) is 41.3 Å². The van der Waals surface area contributed by atoms with Gasteiger partial charge in [-0.15, -0.1) is 6.58 Å². The molecule has 4 rings (SSSR count). The second-order valence-corrected chi connectivity index (χ2v) is 12.5. The van der Waals surface area contributed by atoms with Gasteiger partial charge in [-0.1, -0.05) is 32.9 Å². The van der Waals surface area contributed by atoms with Gasteiger partial charge in [0.1, 0.15) is 24.6 Å². The zero-order valence-electron chi connectivity index (χ0n) is 26.8. The van der Waals surface area contributed by atoms with Gasteiger partial charge in [-0.05, 0) is 37.3 Å². The molecule has 13 nitrogen and oxygen atoms in total. The lowest BCUT2D eigenvalue weighted by Gasteiger charge is -2.60. The molecule has 0 radical (unpaired) electrons. The molecule has 1 aromatic heterocycles. The monoisotopic (exact) mass is 649 g/mol. The summed E-state index contributed by atoms with van der Waals surface area (Å²) >= 11 is 0. The molecule has 1 spiro atoms. The molecule has 0 unspecified atom stereocenters. The number of aliphatic hydroxyl groups is 5. The number of aliphatic carboxylic acids is 1. The Morgan fingerprint density at radius 2 is 1.98 bits per heavy atom. The SMILES string of the molecule is C=C[C@@H]1[C@H](CC(=O)O)C(C(=O)OC)=CC[C@H]1O[C@]1(CO)O[C@H](CO)[C@]2(C=c3cc(C(C)C)[nH]c3=C(CCCO)O2)[C@H](O)[C@]1(O)CC. The quantitative estimate of drug-likeness (QED) is 0.111. The van der Waals surface area contributed by atoms with Gasteiger partial charge in [-0.3, -0.25) is 4.79 Å². The maximum absolute atomic E-state index is 12.5. The highest BCUT2D eigenvalue weighted by atomic mass is 16.7. The fraction of sp³-hybridized carbons (Fsp3) is 0.636. The topological polar surface area (TPSA) is 208 Å². The van der Waals surface area contributed by atoms with Crippen molar-refractivity contribution in [2.75, 3.05) is 26.9 Å². The molecule has 1 aliphatic carbocycles. The van der Waals surface area contributed by atoms with Crippen LogP contribution in [-0.4, -0.2) is 110 Å². The van der Waals surface area contributed by atoms with Gasteiger partial charge in [-0.25, -0.2) is 4.79 Å². The highest BCUT2D eigenvalue weighted by Crippen LogP contribution is 2.51. The van der Waals surface area contributed by atoms with Gasteiger partial charge in [0.05, 0.1) is 31.6 Å². The van der Waals surface area contributed by atoms with Crippen LogP contribution in [0.3, 0.4) is 0 Å². The Kier molecular flexibility index (Phi) is 10.9. The highest BCUT2D eigenvalue weighted by Gasteiger charge is 2.71. The van der Waals surface area contributed by atoms with Crippen molar-refractivity contribution in [1.82, 2.24) is 4.98 Å². The number of esters is 1. The van der Waals surface area contributed by atoms with Crippen molar-refractivity contribution in [3.63, 3.8) is 0 Å². The minimum atomic E-state index is -2.35. The van der Waals surface area contributed by atoms with Crippen LogP contribution in [-0.2, 0) is 28.5 Å². The second-order valence-electron chi connectivity index (χ2n) is 12.5. The summed E-state index contributed by atoms with van der Waals surface area (Å²) in [6, 6.07) is 1.89. The number of fused-ring (bicyclic) bond motifs is 1. The van der Waals surface area contributed by atoms with Crippen LogP contribution in [0.15, 0.2) is 30.4 Å². The number of rotatable bonds is 13. The van der Waals surface area contributed by atoms with E-state index in [0.717, 1.165) is 5.69 Å². The Morgan fingerprint density at radius 1 is 1.26 bits per heavy atom. The van der Waals surface area contributed by atoms with Gasteiger partial charge >= 0.3 is 11.9 Å². The molecule has 0 saturated carbocycles. The fourth-order valence-corrected chi connectivity index (χ4v) is 7.05. The first-order valence-electron chi connectivity index (χ1n) is 15.7. The molecule has 3 aliphatic rings. The average Bonchev–Trinajstić information content (AvgIpc) is 3.48. The molecule has 46 heavy (non-hydrogen) atoms. The van der Waals surface area contributed by atoms with Gasteiger partial charge in [-0.2, -0.15) is 0 Å². The van der Waals surface area contributed by atoms with Crippen molar-refractivity contribution in [3.05, 3.63) is 46.6 Å². The lowest BCUT2D eigenvalue weighted by Crippen LogP contribution is -2.80.